The normalized spacial score (nSPS) is 11.3. The van der Waals surface area contributed by atoms with E-state index in [0.717, 1.165) is 12.1 Å². The molecule has 0 spiro atoms. The quantitative estimate of drug-likeness (QED) is 0.850. The number of hydrogen-bond donors (Lipinski definition) is 2. The van der Waals surface area contributed by atoms with Crippen molar-refractivity contribution in [3.05, 3.63) is 47.2 Å². The third kappa shape index (κ3) is 3.19. The minimum Gasteiger partial charge on any atom is -0.454 e. The van der Waals surface area contributed by atoms with Crippen LogP contribution in [0.4, 0.5) is 10.1 Å². The summed E-state index contributed by atoms with van der Waals surface area (Å²) in [6.07, 6.45) is 0. The Kier molecular flexibility index (Phi) is 3.85. The maximum Gasteiger partial charge on any atom is 0.238 e. The number of anilines is 1. The zero-order valence-electron chi connectivity index (χ0n) is 10.0. The Bertz CT molecular complexity index is 765. The van der Waals surface area contributed by atoms with Crippen LogP contribution in [0.25, 0.3) is 0 Å². The fourth-order valence-corrected chi connectivity index (χ4v) is 2.19. The average molecular weight is 317 g/mol. The summed E-state index contributed by atoms with van der Waals surface area (Å²) < 4.78 is 40.8. The van der Waals surface area contributed by atoms with Crippen molar-refractivity contribution in [3.63, 3.8) is 0 Å². The standard InChI is InChI=1S/C12H10ClFN2O3S/c13-9-5-7(14)1-4-11(9)19-12-6-8(20(16,17)18)2-3-10(12)15/h1-6H,15H2,(H2,16,17,18). The molecule has 0 aliphatic carbocycles. The zero-order valence-corrected chi connectivity index (χ0v) is 11.6. The monoisotopic (exact) mass is 316 g/mol. The maximum absolute atomic E-state index is 12.9. The lowest BCUT2D eigenvalue weighted by Gasteiger charge is -2.11. The van der Waals surface area contributed by atoms with E-state index >= 15 is 0 Å². The highest BCUT2D eigenvalue weighted by Crippen LogP contribution is 2.34. The van der Waals surface area contributed by atoms with Crippen molar-refractivity contribution >= 4 is 27.3 Å². The molecule has 2 rings (SSSR count). The van der Waals surface area contributed by atoms with E-state index in [1.807, 2.05) is 0 Å². The van der Waals surface area contributed by atoms with E-state index in [0.29, 0.717) is 0 Å². The summed E-state index contributed by atoms with van der Waals surface area (Å²) in [5, 5.41) is 5.05. The molecule has 0 fully saturated rings. The summed E-state index contributed by atoms with van der Waals surface area (Å²) >= 11 is 5.81. The average Bonchev–Trinajstić information content (AvgIpc) is 2.33. The van der Waals surface area contributed by atoms with Gasteiger partial charge in [0.25, 0.3) is 0 Å². The molecule has 0 aliphatic heterocycles. The van der Waals surface area contributed by atoms with Crippen molar-refractivity contribution in [2.24, 2.45) is 5.14 Å². The summed E-state index contributed by atoms with van der Waals surface area (Å²) in [4.78, 5) is -0.153. The predicted molar refractivity (Wildman–Crippen MR) is 73.7 cm³/mol. The van der Waals surface area contributed by atoms with Gasteiger partial charge in [-0.15, -0.1) is 0 Å². The predicted octanol–water partition coefficient (Wildman–Crippen LogP) is 2.50. The van der Waals surface area contributed by atoms with Gasteiger partial charge in [0.05, 0.1) is 15.6 Å². The molecular weight excluding hydrogens is 307 g/mol. The molecule has 0 aliphatic rings. The number of benzene rings is 2. The lowest BCUT2D eigenvalue weighted by molar-refractivity contribution is 0.481. The second kappa shape index (κ2) is 5.28. The Morgan fingerprint density at radius 1 is 1.10 bits per heavy atom. The first-order chi connectivity index (χ1) is 9.27. The largest absolute Gasteiger partial charge is 0.454 e. The number of hydrogen-bond acceptors (Lipinski definition) is 4. The number of ether oxygens (including phenoxy) is 1. The lowest BCUT2D eigenvalue weighted by Crippen LogP contribution is -2.12. The Balaban J connectivity index is 2.43. The number of halogens is 2. The van der Waals surface area contributed by atoms with Crippen LogP contribution in [0.3, 0.4) is 0 Å². The SMILES string of the molecule is Nc1ccc(S(N)(=O)=O)cc1Oc1ccc(F)cc1Cl. The van der Waals surface area contributed by atoms with Crippen LogP contribution in [0.15, 0.2) is 41.3 Å². The fraction of sp³-hybridized carbons (Fsp3) is 0. The molecule has 2 aromatic carbocycles. The van der Waals surface area contributed by atoms with E-state index < -0.39 is 15.8 Å². The first-order valence-corrected chi connectivity index (χ1v) is 7.25. The highest BCUT2D eigenvalue weighted by atomic mass is 35.5. The van der Waals surface area contributed by atoms with Gasteiger partial charge in [-0.05, 0) is 30.3 Å². The van der Waals surface area contributed by atoms with Crippen molar-refractivity contribution in [3.8, 4) is 11.5 Å². The molecule has 0 heterocycles. The van der Waals surface area contributed by atoms with Gasteiger partial charge < -0.3 is 10.5 Å². The van der Waals surface area contributed by atoms with Crippen molar-refractivity contribution < 1.29 is 17.5 Å². The van der Waals surface area contributed by atoms with E-state index in [1.54, 1.807) is 0 Å². The molecule has 4 N–H and O–H groups in total. The van der Waals surface area contributed by atoms with Crippen LogP contribution in [-0.2, 0) is 10.0 Å². The number of nitrogen functional groups attached to an aromatic ring is 1. The maximum atomic E-state index is 12.9. The third-order valence-corrected chi connectivity index (χ3v) is 3.63. The van der Waals surface area contributed by atoms with Crippen LogP contribution in [0.2, 0.25) is 5.02 Å². The molecule has 0 unspecified atom stereocenters. The third-order valence-electron chi connectivity index (χ3n) is 2.43. The zero-order chi connectivity index (χ0) is 14.9. The molecule has 0 atom stereocenters. The molecule has 106 valence electrons. The van der Waals surface area contributed by atoms with Crippen LogP contribution >= 0.6 is 11.6 Å². The molecule has 0 saturated heterocycles. The van der Waals surface area contributed by atoms with E-state index in [2.05, 4.69) is 0 Å². The van der Waals surface area contributed by atoms with Crippen LogP contribution in [0.1, 0.15) is 0 Å². The molecule has 2 aromatic rings. The summed E-state index contributed by atoms with van der Waals surface area (Å²) in [5.41, 5.74) is 5.88. The van der Waals surface area contributed by atoms with Crippen LogP contribution in [0, 0.1) is 5.82 Å². The minimum absolute atomic E-state index is 0.0328. The van der Waals surface area contributed by atoms with Crippen molar-refractivity contribution in [2.45, 2.75) is 4.90 Å². The summed E-state index contributed by atoms with van der Waals surface area (Å²) in [7, 11) is -3.88. The van der Waals surface area contributed by atoms with E-state index in [4.69, 9.17) is 27.2 Å². The molecule has 8 heteroatoms. The van der Waals surface area contributed by atoms with Gasteiger partial charge in [-0.3, -0.25) is 0 Å². The van der Waals surface area contributed by atoms with Gasteiger partial charge in [0.1, 0.15) is 11.6 Å². The van der Waals surface area contributed by atoms with Crippen LogP contribution < -0.4 is 15.6 Å². The van der Waals surface area contributed by atoms with Crippen molar-refractivity contribution in [2.75, 3.05) is 5.73 Å². The molecular formula is C12H10ClFN2O3S. The van der Waals surface area contributed by atoms with E-state index in [9.17, 15) is 12.8 Å². The van der Waals surface area contributed by atoms with E-state index in [-0.39, 0.29) is 27.1 Å². The Labute approximate surface area is 120 Å². The summed E-state index contributed by atoms with van der Waals surface area (Å²) in [6, 6.07) is 7.29. The van der Waals surface area contributed by atoms with E-state index in [1.165, 1.54) is 24.3 Å². The summed E-state index contributed by atoms with van der Waals surface area (Å²) in [5.74, 6) is -0.315. The van der Waals surface area contributed by atoms with Gasteiger partial charge in [-0.2, -0.15) is 0 Å². The Morgan fingerprint density at radius 2 is 1.80 bits per heavy atom. The van der Waals surface area contributed by atoms with Crippen molar-refractivity contribution in [1.29, 1.82) is 0 Å². The van der Waals surface area contributed by atoms with Gasteiger partial charge in [0.15, 0.2) is 5.75 Å². The van der Waals surface area contributed by atoms with Gasteiger partial charge in [0, 0.05) is 6.07 Å². The molecule has 0 radical (unpaired) electrons. The fourth-order valence-electron chi connectivity index (χ4n) is 1.46. The second-order valence-corrected chi connectivity index (χ2v) is 5.89. The smallest absolute Gasteiger partial charge is 0.238 e. The molecule has 0 saturated carbocycles. The highest BCUT2D eigenvalue weighted by molar-refractivity contribution is 7.89. The molecule has 5 nitrogen and oxygen atoms in total. The van der Waals surface area contributed by atoms with Gasteiger partial charge in [-0.25, -0.2) is 17.9 Å². The summed E-state index contributed by atoms with van der Waals surface area (Å²) in [6.45, 7) is 0. The highest BCUT2D eigenvalue weighted by Gasteiger charge is 2.13. The first-order valence-electron chi connectivity index (χ1n) is 5.32. The number of nitrogens with two attached hydrogens (primary N) is 2. The molecule has 20 heavy (non-hydrogen) atoms. The topological polar surface area (TPSA) is 95.4 Å². The van der Waals surface area contributed by atoms with Crippen LogP contribution in [-0.4, -0.2) is 8.42 Å². The molecule has 0 amide bonds. The van der Waals surface area contributed by atoms with Gasteiger partial charge in [-0.1, -0.05) is 11.6 Å². The Morgan fingerprint density at radius 3 is 2.40 bits per heavy atom. The number of sulfonamides is 1. The minimum atomic E-state index is -3.88. The molecule has 0 bridgehead atoms. The number of rotatable bonds is 3. The second-order valence-electron chi connectivity index (χ2n) is 3.92. The van der Waals surface area contributed by atoms with Gasteiger partial charge >= 0.3 is 0 Å². The van der Waals surface area contributed by atoms with Gasteiger partial charge in [0.2, 0.25) is 10.0 Å². The molecule has 0 aromatic heterocycles. The van der Waals surface area contributed by atoms with Crippen LogP contribution in [0.5, 0.6) is 11.5 Å². The lowest BCUT2D eigenvalue weighted by atomic mass is 10.3. The Hall–Kier alpha value is -1.83. The first kappa shape index (κ1) is 14.6. The number of primary sulfonamides is 1. The van der Waals surface area contributed by atoms with Crippen molar-refractivity contribution in [1.82, 2.24) is 0 Å².